The Hall–Kier alpha value is -12.2. The first kappa shape index (κ1) is 51.5. The van der Waals surface area contributed by atoms with Crippen LogP contribution in [0, 0.1) is 0 Å². The summed E-state index contributed by atoms with van der Waals surface area (Å²) < 4.78 is 2.49. The van der Waals surface area contributed by atoms with Crippen molar-refractivity contribution in [2.75, 3.05) is 9.80 Å². The highest BCUT2D eigenvalue weighted by Gasteiger charge is 2.44. The quantitative estimate of drug-likeness (QED) is 0.126. The molecular formula is C90H54BN3. The molecule has 0 unspecified atom stereocenters. The molecule has 0 fully saturated rings. The SMILES string of the molecule is c1ccc(-c2ccc3c(c2)B2c4ccc(-n5c6ccccc6c6ccccc65)cc4N(c4ccc5c6ccccc6c6ccccc6c5c4)c4cc(-c5ccc6c7ccccc7c7ccccc7c6c5)cc(c42)N3c2ccc3c4ccccc4c4ccccc4c3c2)cc1. The van der Waals surface area contributed by atoms with Crippen molar-refractivity contribution in [3.05, 3.63) is 328 Å². The van der Waals surface area contributed by atoms with Crippen molar-refractivity contribution in [1.29, 1.82) is 0 Å². The van der Waals surface area contributed by atoms with Crippen LogP contribution in [0.2, 0.25) is 0 Å². The lowest BCUT2D eigenvalue weighted by Gasteiger charge is -2.45. The zero-order valence-electron chi connectivity index (χ0n) is 51.1. The summed E-state index contributed by atoms with van der Waals surface area (Å²) in [5.74, 6) is 0. The predicted molar refractivity (Wildman–Crippen MR) is 403 cm³/mol. The fourth-order valence-corrected chi connectivity index (χ4v) is 17.0. The van der Waals surface area contributed by atoms with Gasteiger partial charge < -0.3 is 14.4 Å². The molecule has 2 aliphatic heterocycles. The molecule has 0 radical (unpaired) electrons. The number of aromatic nitrogens is 1. The molecule has 4 heteroatoms. The number of fused-ring (bicyclic) bond motifs is 25. The molecule has 1 aromatic heterocycles. The van der Waals surface area contributed by atoms with Crippen LogP contribution >= 0.6 is 0 Å². The first-order valence-corrected chi connectivity index (χ1v) is 32.8. The van der Waals surface area contributed by atoms with Crippen LogP contribution in [0.1, 0.15) is 0 Å². The third kappa shape index (κ3) is 7.28. The van der Waals surface area contributed by atoms with Gasteiger partial charge in [0.1, 0.15) is 0 Å². The zero-order chi connectivity index (χ0) is 61.3. The number of nitrogens with zero attached hydrogens (tertiary/aromatic N) is 3. The van der Waals surface area contributed by atoms with Gasteiger partial charge in [0, 0.05) is 50.6 Å². The van der Waals surface area contributed by atoms with Crippen molar-refractivity contribution in [2.24, 2.45) is 0 Å². The van der Waals surface area contributed by atoms with Gasteiger partial charge in [0.15, 0.2) is 0 Å². The lowest BCUT2D eigenvalue weighted by atomic mass is 9.33. The van der Waals surface area contributed by atoms with Gasteiger partial charge in [-0.25, -0.2) is 0 Å². The molecule has 0 saturated carbocycles. The molecule has 0 amide bonds. The largest absolute Gasteiger partial charge is 0.311 e. The molecule has 0 N–H and O–H groups in total. The maximum Gasteiger partial charge on any atom is 0.252 e. The van der Waals surface area contributed by atoms with Crippen molar-refractivity contribution >= 4 is 176 Å². The summed E-state index contributed by atoms with van der Waals surface area (Å²) in [7, 11) is 0. The van der Waals surface area contributed by atoms with Gasteiger partial charge in [0.25, 0.3) is 6.71 Å². The lowest BCUT2D eigenvalue weighted by Crippen LogP contribution is -2.61. The van der Waals surface area contributed by atoms with Crippen molar-refractivity contribution in [2.45, 2.75) is 0 Å². The van der Waals surface area contributed by atoms with Crippen LogP contribution < -0.4 is 26.2 Å². The van der Waals surface area contributed by atoms with Gasteiger partial charge in [-0.3, -0.25) is 0 Å². The second kappa shape index (κ2) is 19.6. The molecule has 432 valence electrons. The molecule has 0 bridgehead atoms. The maximum atomic E-state index is 2.64. The van der Waals surface area contributed by atoms with Crippen LogP contribution in [0.15, 0.2) is 328 Å². The summed E-state index contributed by atoms with van der Waals surface area (Å²) in [5, 5.41) is 25.0. The molecule has 3 nitrogen and oxygen atoms in total. The summed E-state index contributed by atoms with van der Waals surface area (Å²) in [6.45, 7) is -0.171. The molecule has 3 heterocycles. The van der Waals surface area contributed by atoms with Crippen LogP contribution in [0.25, 0.3) is 147 Å². The average Bonchev–Trinajstić information content (AvgIpc) is 0.760. The average molecular weight is 1190 g/mol. The minimum atomic E-state index is -0.171. The van der Waals surface area contributed by atoms with E-state index in [1.54, 1.807) is 0 Å². The van der Waals surface area contributed by atoms with E-state index in [9.17, 15) is 0 Å². The summed E-state index contributed by atoms with van der Waals surface area (Å²) in [6, 6.07) is 124. The monoisotopic (exact) mass is 1190 g/mol. The number of benzene rings is 18. The van der Waals surface area contributed by atoms with Gasteiger partial charge in [-0.15, -0.1) is 0 Å². The number of hydrogen-bond acceptors (Lipinski definition) is 2. The highest BCUT2D eigenvalue weighted by Crippen LogP contribution is 2.51. The van der Waals surface area contributed by atoms with Crippen LogP contribution in [0.5, 0.6) is 0 Å². The molecule has 0 saturated heterocycles. The molecule has 0 aliphatic carbocycles. The predicted octanol–water partition coefficient (Wildman–Crippen LogP) is 22.6. The van der Waals surface area contributed by atoms with E-state index in [4.69, 9.17) is 0 Å². The second-order valence-electron chi connectivity index (χ2n) is 25.8. The third-order valence-electron chi connectivity index (χ3n) is 21.0. The Balaban J connectivity index is 0.911. The fourth-order valence-electron chi connectivity index (χ4n) is 17.0. The Bertz CT molecular complexity index is 6360. The first-order chi connectivity index (χ1) is 46.6. The second-order valence-corrected chi connectivity index (χ2v) is 25.8. The summed E-state index contributed by atoms with van der Waals surface area (Å²) >= 11 is 0. The van der Waals surface area contributed by atoms with Gasteiger partial charge in [-0.2, -0.15) is 0 Å². The minimum absolute atomic E-state index is 0.171. The van der Waals surface area contributed by atoms with E-state index >= 15 is 0 Å². The Morgan fingerprint density at radius 3 is 1.00 bits per heavy atom. The van der Waals surface area contributed by atoms with Gasteiger partial charge in [0.05, 0.1) is 11.0 Å². The number of anilines is 6. The smallest absolute Gasteiger partial charge is 0.252 e. The standard InChI is InChI=1S/C90H54BN3/c1-2-20-55(21-3-1)57-39-47-86-83(49-57)91-82-46-42-61(92-84-36-18-16-34-77(84)78-35-17-19-37-85(78)92)54-87(82)94(60-41-45-76-70-30-9-6-24-64(70)67-27-12-15-33-73(67)81(76)53-60)89-51-58(56-38-43-74-68-28-7-4-22-62(68)65-25-10-13-31-71(65)79(74)48-56)50-88(90(89)91)93(86)59-40-44-75-69-29-8-5-23-63(69)66-26-11-14-32-72(66)80(75)52-59/h1-54H. The van der Waals surface area contributed by atoms with E-state index in [1.807, 2.05) is 0 Å². The van der Waals surface area contributed by atoms with E-state index in [2.05, 4.69) is 342 Å². The summed E-state index contributed by atoms with van der Waals surface area (Å²) in [6.07, 6.45) is 0. The number of para-hydroxylation sites is 2. The van der Waals surface area contributed by atoms with Crippen LogP contribution in [-0.4, -0.2) is 11.3 Å². The van der Waals surface area contributed by atoms with Crippen LogP contribution in [0.3, 0.4) is 0 Å². The van der Waals surface area contributed by atoms with Gasteiger partial charge >= 0.3 is 0 Å². The molecule has 21 rings (SSSR count). The Morgan fingerprint density at radius 2 is 0.532 bits per heavy atom. The van der Waals surface area contributed by atoms with Crippen molar-refractivity contribution in [3.63, 3.8) is 0 Å². The van der Waals surface area contributed by atoms with Crippen molar-refractivity contribution in [3.8, 4) is 27.9 Å². The Kier molecular flexibility index (Phi) is 10.8. The Labute approximate surface area is 542 Å². The van der Waals surface area contributed by atoms with Gasteiger partial charge in [0.2, 0.25) is 0 Å². The zero-order valence-corrected chi connectivity index (χ0v) is 51.1. The number of hydrogen-bond donors (Lipinski definition) is 0. The van der Waals surface area contributed by atoms with Crippen molar-refractivity contribution < 1.29 is 0 Å². The summed E-state index contributed by atoms with van der Waals surface area (Å²) in [5.41, 5.74) is 18.7. The molecule has 94 heavy (non-hydrogen) atoms. The normalized spacial score (nSPS) is 12.8. The van der Waals surface area contributed by atoms with E-state index in [-0.39, 0.29) is 6.71 Å². The fraction of sp³-hybridized carbons (Fsp3) is 0. The maximum absolute atomic E-state index is 2.64. The molecule has 0 atom stereocenters. The molecule has 19 aromatic rings. The van der Waals surface area contributed by atoms with E-state index < -0.39 is 0 Å². The van der Waals surface area contributed by atoms with E-state index in [0.717, 1.165) is 50.9 Å². The van der Waals surface area contributed by atoms with Gasteiger partial charge in [-0.05, 0) is 208 Å². The molecular weight excluding hydrogens is 1130 g/mol. The third-order valence-corrected chi connectivity index (χ3v) is 21.0. The number of rotatable bonds is 5. The molecule has 18 aromatic carbocycles. The van der Waals surface area contributed by atoms with E-state index in [0.29, 0.717) is 0 Å². The molecule has 2 aliphatic rings. The van der Waals surface area contributed by atoms with E-state index in [1.165, 1.54) is 146 Å². The lowest BCUT2D eigenvalue weighted by molar-refractivity contribution is 1.17. The van der Waals surface area contributed by atoms with Crippen LogP contribution in [-0.2, 0) is 0 Å². The van der Waals surface area contributed by atoms with Crippen molar-refractivity contribution in [1.82, 2.24) is 4.57 Å². The highest BCUT2D eigenvalue weighted by molar-refractivity contribution is 7.00. The minimum Gasteiger partial charge on any atom is -0.311 e. The first-order valence-electron chi connectivity index (χ1n) is 32.8. The van der Waals surface area contributed by atoms with Gasteiger partial charge in [-0.1, -0.05) is 255 Å². The topological polar surface area (TPSA) is 11.4 Å². The highest BCUT2D eigenvalue weighted by atomic mass is 15.2. The molecule has 0 spiro atoms. The Morgan fingerprint density at radius 1 is 0.181 bits per heavy atom. The van der Waals surface area contributed by atoms with Crippen LogP contribution in [0.4, 0.5) is 34.1 Å². The summed E-state index contributed by atoms with van der Waals surface area (Å²) in [4.78, 5) is 5.26.